The van der Waals surface area contributed by atoms with Gasteiger partial charge in [0.15, 0.2) is 0 Å². The Bertz CT molecular complexity index is 1470. The molecule has 5 aromatic rings. The number of carbonyl (C=O) groups is 1. The van der Waals surface area contributed by atoms with Crippen molar-refractivity contribution in [3.63, 3.8) is 0 Å². The summed E-state index contributed by atoms with van der Waals surface area (Å²) in [5.41, 5.74) is 6.19. The van der Waals surface area contributed by atoms with Crippen molar-refractivity contribution >= 4 is 39.2 Å². The van der Waals surface area contributed by atoms with Gasteiger partial charge in [0.05, 0.1) is 5.56 Å². The second-order valence-corrected chi connectivity index (χ2v) is 7.91. The number of anilines is 2. The Morgan fingerprint density at radius 2 is 1.55 bits per heavy atom. The molecule has 0 fully saturated rings. The van der Waals surface area contributed by atoms with Gasteiger partial charge >= 0.3 is 0 Å². The molecule has 1 aromatic heterocycles. The zero-order chi connectivity index (χ0) is 20.9. The van der Waals surface area contributed by atoms with Crippen LogP contribution in [-0.2, 0) is 0 Å². The first-order valence-electron chi connectivity index (χ1n) is 10.4. The summed E-state index contributed by atoms with van der Waals surface area (Å²) in [6, 6.07) is 29.9. The van der Waals surface area contributed by atoms with Gasteiger partial charge in [-0.25, -0.2) is 0 Å². The number of hydrogen-bond donors (Lipinski definition) is 1. The summed E-state index contributed by atoms with van der Waals surface area (Å²) in [5, 5.41) is 5.72. The molecule has 0 saturated carbocycles. The number of furan rings is 1. The first-order valence-corrected chi connectivity index (χ1v) is 10.4. The Morgan fingerprint density at radius 1 is 0.806 bits per heavy atom. The molecule has 0 saturated heterocycles. The number of hydrogen-bond acceptors (Lipinski definition) is 3. The normalized spacial score (nSPS) is 15.8. The summed E-state index contributed by atoms with van der Waals surface area (Å²) in [4.78, 5) is 15.5. The number of amides is 1. The van der Waals surface area contributed by atoms with Crippen LogP contribution in [0.2, 0.25) is 0 Å². The van der Waals surface area contributed by atoms with Crippen molar-refractivity contribution in [3.05, 3.63) is 108 Å². The fourth-order valence-electron chi connectivity index (χ4n) is 4.48. The first-order chi connectivity index (χ1) is 15.2. The van der Waals surface area contributed by atoms with E-state index in [1.54, 1.807) is 0 Å². The molecule has 1 amide bonds. The van der Waals surface area contributed by atoms with Gasteiger partial charge in [-0.3, -0.25) is 9.69 Å². The van der Waals surface area contributed by atoms with E-state index in [9.17, 15) is 4.79 Å². The number of fused-ring (bicyclic) bond motifs is 4. The topological polar surface area (TPSA) is 45.5 Å². The second-order valence-electron chi connectivity index (χ2n) is 7.91. The van der Waals surface area contributed by atoms with Gasteiger partial charge in [0.2, 0.25) is 0 Å². The molecule has 4 heteroatoms. The minimum absolute atomic E-state index is 0.00852. The van der Waals surface area contributed by atoms with Gasteiger partial charge in [-0.15, -0.1) is 0 Å². The molecule has 6 rings (SSSR count). The van der Waals surface area contributed by atoms with E-state index < -0.39 is 0 Å². The molecule has 0 aliphatic carbocycles. The Hall–Kier alpha value is -4.05. The van der Waals surface area contributed by atoms with E-state index in [1.165, 1.54) is 0 Å². The zero-order valence-corrected chi connectivity index (χ0v) is 17.0. The molecule has 0 unspecified atom stereocenters. The van der Waals surface area contributed by atoms with E-state index in [4.69, 9.17) is 4.42 Å². The molecule has 4 nitrogen and oxygen atoms in total. The number of benzene rings is 4. The summed E-state index contributed by atoms with van der Waals surface area (Å²) in [6.45, 7) is 2.03. The third kappa shape index (κ3) is 2.72. The van der Waals surface area contributed by atoms with Gasteiger partial charge < -0.3 is 9.73 Å². The lowest BCUT2D eigenvalue weighted by Gasteiger charge is -2.38. The molecular weight excluding hydrogens is 384 g/mol. The van der Waals surface area contributed by atoms with Crippen molar-refractivity contribution in [1.82, 2.24) is 0 Å². The minimum Gasteiger partial charge on any atom is -0.456 e. The van der Waals surface area contributed by atoms with Gasteiger partial charge in [0.25, 0.3) is 5.91 Å². The van der Waals surface area contributed by atoms with E-state index in [0.29, 0.717) is 5.56 Å². The average molecular weight is 404 g/mol. The monoisotopic (exact) mass is 404 g/mol. The number of rotatable bonds is 2. The highest BCUT2D eigenvalue weighted by Crippen LogP contribution is 2.39. The fraction of sp³-hybridized carbons (Fsp3) is 0.0741. The Morgan fingerprint density at radius 3 is 2.45 bits per heavy atom. The molecule has 1 aliphatic rings. The van der Waals surface area contributed by atoms with Crippen molar-refractivity contribution in [1.29, 1.82) is 0 Å². The van der Waals surface area contributed by atoms with Crippen LogP contribution in [0.1, 0.15) is 27.7 Å². The molecule has 0 bridgehead atoms. The first kappa shape index (κ1) is 17.8. The lowest BCUT2D eigenvalue weighted by molar-refractivity contribution is 0.0974. The summed E-state index contributed by atoms with van der Waals surface area (Å²) in [7, 11) is 0. The maximum Gasteiger partial charge on any atom is 0.262 e. The number of para-hydroxylation sites is 3. The molecular formula is C27H20N2O2. The summed E-state index contributed by atoms with van der Waals surface area (Å²) >= 11 is 0. The van der Waals surface area contributed by atoms with E-state index in [0.717, 1.165) is 44.4 Å². The zero-order valence-electron chi connectivity index (χ0n) is 17.0. The average Bonchev–Trinajstić information content (AvgIpc) is 3.18. The summed E-state index contributed by atoms with van der Waals surface area (Å²) in [6.07, 6.45) is -0.332. The standard InChI is InChI=1S/C27H20N2O2/c1-17-8-2-6-12-23(17)29-26(28-22-11-5-3-10-20(22)27(29)30)18-14-15-25-21(16-18)19-9-4-7-13-24(19)31-25/h2-16,26,28H,1H3/t26-/m1/s1. The highest BCUT2D eigenvalue weighted by molar-refractivity contribution is 6.12. The SMILES string of the molecule is Cc1ccccc1N1C(=O)c2ccccc2N[C@H]1c1ccc2oc3ccccc3c2c1. The van der Waals surface area contributed by atoms with E-state index in [1.807, 2.05) is 90.7 Å². The third-order valence-corrected chi connectivity index (χ3v) is 6.02. The van der Waals surface area contributed by atoms with Crippen molar-refractivity contribution in [2.24, 2.45) is 0 Å². The van der Waals surface area contributed by atoms with Gasteiger partial charge in [-0.05, 0) is 54.4 Å². The maximum atomic E-state index is 13.6. The van der Waals surface area contributed by atoms with E-state index in [-0.39, 0.29) is 12.1 Å². The van der Waals surface area contributed by atoms with Crippen LogP contribution in [0, 0.1) is 6.92 Å². The van der Waals surface area contributed by atoms with Gasteiger partial charge in [0, 0.05) is 22.1 Å². The van der Waals surface area contributed by atoms with E-state index in [2.05, 4.69) is 17.4 Å². The van der Waals surface area contributed by atoms with Crippen LogP contribution in [0.3, 0.4) is 0 Å². The quantitative estimate of drug-likeness (QED) is 0.358. The van der Waals surface area contributed by atoms with Crippen molar-refractivity contribution < 1.29 is 9.21 Å². The molecule has 31 heavy (non-hydrogen) atoms. The molecule has 150 valence electrons. The Kier molecular flexibility index (Phi) is 3.87. The lowest BCUT2D eigenvalue weighted by atomic mass is 10.00. The van der Waals surface area contributed by atoms with Crippen molar-refractivity contribution in [2.75, 3.05) is 10.2 Å². The molecule has 4 aromatic carbocycles. The van der Waals surface area contributed by atoms with Crippen LogP contribution in [0.25, 0.3) is 21.9 Å². The number of nitrogens with zero attached hydrogens (tertiary/aromatic N) is 1. The summed E-state index contributed by atoms with van der Waals surface area (Å²) in [5.74, 6) is -0.00852. The Labute approximate surface area is 179 Å². The van der Waals surface area contributed by atoms with Gasteiger partial charge in [-0.2, -0.15) is 0 Å². The van der Waals surface area contributed by atoms with Crippen LogP contribution in [-0.4, -0.2) is 5.91 Å². The lowest BCUT2D eigenvalue weighted by Crippen LogP contribution is -2.43. The smallest absolute Gasteiger partial charge is 0.262 e. The predicted molar refractivity (Wildman–Crippen MR) is 125 cm³/mol. The van der Waals surface area contributed by atoms with Crippen molar-refractivity contribution in [3.8, 4) is 0 Å². The fourth-order valence-corrected chi connectivity index (χ4v) is 4.48. The van der Waals surface area contributed by atoms with Crippen LogP contribution in [0.5, 0.6) is 0 Å². The van der Waals surface area contributed by atoms with Gasteiger partial charge in [0.1, 0.15) is 17.3 Å². The summed E-state index contributed by atoms with van der Waals surface area (Å²) < 4.78 is 6.00. The second kappa shape index (κ2) is 6.74. The largest absolute Gasteiger partial charge is 0.456 e. The number of carbonyl (C=O) groups excluding carboxylic acids is 1. The van der Waals surface area contributed by atoms with E-state index >= 15 is 0 Å². The van der Waals surface area contributed by atoms with Crippen LogP contribution < -0.4 is 10.2 Å². The van der Waals surface area contributed by atoms with Crippen LogP contribution in [0.4, 0.5) is 11.4 Å². The predicted octanol–water partition coefficient (Wildman–Crippen LogP) is 6.67. The highest BCUT2D eigenvalue weighted by Gasteiger charge is 2.34. The third-order valence-electron chi connectivity index (χ3n) is 6.02. The molecule has 1 aliphatic heterocycles. The van der Waals surface area contributed by atoms with Crippen molar-refractivity contribution in [2.45, 2.75) is 13.1 Å². The molecule has 1 N–H and O–H groups in total. The van der Waals surface area contributed by atoms with Crippen LogP contribution in [0.15, 0.2) is 95.4 Å². The number of nitrogens with one attached hydrogen (secondary N) is 1. The Balaban J connectivity index is 1.57. The van der Waals surface area contributed by atoms with Crippen LogP contribution >= 0.6 is 0 Å². The minimum atomic E-state index is -0.332. The molecule has 0 spiro atoms. The molecule has 2 heterocycles. The number of aryl methyl sites for hydroxylation is 1. The highest BCUT2D eigenvalue weighted by atomic mass is 16.3. The molecule has 1 atom stereocenters. The maximum absolute atomic E-state index is 13.6. The molecule has 0 radical (unpaired) electrons. The van der Waals surface area contributed by atoms with Gasteiger partial charge in [-0.1, -0.05) is 54.6 Å².